The van der Waals surface area contributed by atoms with E-state index in [4.69, 9.17) is 0 Å². The summed E-state index contributed by atoms with van der Waals surface area (Å²) in [6.45, 7) is 0. The number of sulfone groups is 1. The fourth-order valence-corrected chi connectivity index (χ4v) is 3.76. The molecular formula is C11H12O4S. The minimum atomic E-state index is -3.14. The third-order valence-electron chi connectivity index (χ3n) is 2.87. The molecule has 0 radical (unpaired) electrons. The maximum absolute atomic E-state index is 11.3. The van der Waals surface area contributed by atoms with E-state index in [-0.39, 0.29) is 17.9 Å². The Labute approximate surface area is 93.8 Å². The zero-order valence-corrected chi connectivity index (χ0v) is 9.40. The quantitative estimate of drug-likeness (QED) is 0.764. The van der Waals surface area contributed by atoms with Crippen LogP contribution in [-0.2, 0) is 15.4 Å². The lowest BCUT2D eigenvalue weighted by Crippen LogP contribution is -2.26. The van der Waals surface area contributed by atoms with Crippen molar-refractivity contribution in [3.63, 3.8) is 0 Å². The average molecular weight is 240 g/mol. The Bertz CT molecular complexity index is 503. The number of benzene rings is 1. The van der Waals surface area contributed by atoms with Crippen molar-refractivity contribution in [1.82, 2.24) is 0 Å². The van der Waals surface area contributed by atoms with Gasteiger partial charge in [-0.3, -0.25) is 4.79 Å². The molecule has 5 heteroatoms. The zero-order chi connectivity index (χ0) is 11.8. The largest absolute Gasteiger partial charge is 0.384 e. The van der Waals surface area contributed by atoms with Gasteiger partial charge in [-0.05, 0) is 12.0 Å². The van der Waals surface area contributed by atoms with Crippen LogP contribution < -0.4 is 0 Å². The van der Waals surface area contributed by atoms with Crippen molar-refractivity contribution in [2.24, 2.45) is 0 Å². The van der Waals surface area contributed by atoms with Gasteiger partial charge in [0.25, 0.3) is 0 Å². The van der Waals surface area contributed by atoms with Crippen molar-refractivity contribution in [3.05, 3.63) is 35.4 Å². The normalized spacial score (nSPS) is 27.8. The molecule has 0 bridgehead atoms. The average Bonchev–Trinajstić information content (AvgIpc) is 2.54. The summed E-state index contributed by atoms with van der Waals surface area (Å²) in [4.78, 5) is 10.5. The molecule has 1 fully saturated rings. The Morgan fingerprint density at radius 3 is 2.31 bits per heavy atom. The zero-order valence-electron chi connectivity index (χ0n) is 8.59. The molecule has 0 aromatic heterocycles. The van der Waals surface area contributed by atoms with Gasteiger partial charge in [0, 0.05) is 5.56 Å². The molecule has 1 aromatic rings. The summed E-state index contributed by atoms with van der Waals surface area (Å²) in [5.41, 5.74) is -0.229. The smallest absolute Gasteiger partial charge is 0.153 e. The van der Waals surface area contributed by atoms with Gasteiger partial charge in [0.1, 0.15) is 11.9 Å². The lowest BCUT2D eigenvalue weighted by molar-refractivity contribution is 0.0652. The molecule has 1 aliphatic rings. The van der Waals surface area contributed by atoms with Crippen LogP contribution >= 0.6 is 0 Å². The predicted octanol–water partition coefficient (Wildman–Crippen LogP) is 0.505. The van der Waals surface area contributed by atoms with Crippen molar-refractivity contribution in [3.8, 4) is 0 Å². The van der Waals surface area contributed by atoms with Crippen molar-refractivity contribution >= 4 is 16.1 Å². The molecule has 1 aromatic carbocycles. The summed E-state index contributed by atoms with van der Waals surface area (Å²) < 4.78 is 22.7. The Morgan fingerprint density at radius 1 is 1.25 bits per heavy atom. The van der Waals surface area contributed by atoms with Gasteiger partial charge in [-0.2, -0.15) is 0 Å². The Kier molecular flexibility index (Phi) is 2.59. The van der Waals surface area contributed by atoms with E-state index < -0.39 is 15.4 Å². The van der Waals surface area contributed by atoms with E-state index in [0.717, 1.165) is 0 Å². The van der Waals surface area contributed by atoms with Crippen LogP contribution in [0.15, 0.2) is 24.3 Å². The SMILES string of the molecule is O=Cc1ccc(C2(O)CCS(=O)(=O)C2)cc1. The van der Waals surface area contributed by atoms with Gasteiger partial charge >= 0.3 is 0 Å². The molecule has 4 nitrogen and oxygen atoms in total. The van der Waals surface area contributed by atoms with Crippen LogP contribution in [0, 0.1) is 0 Å². The van der Waals surface area contributed by atoms with Crippen molar-refractivity contribution in [2.45, 2.75) is 12.0 Å². The monoisotopic (exact) mass is 240 g/mol. The van der Waals surface area contributed by atoms with Gasteiger partial charge in [0.05, 0.1) is 11.5 Å². The molecular weight excluding hydrogens is 228 g/mol. The minimum absolute atomic E-state index is 0.0128. The number of carbonyl (C=O) groups is 1. The van der Waals surface area contributed by atoms with Crippen LogP contribution in [0.1, 0.15) is 22.3 Å². The predicted molar refractivity (Wildman–Crippen MR) is 59.0 cm³/mol. The van der Waals surface area contributed by atoms with E-state index in [1.165, 1.54) is 0 Å². The molecule has 0 saturated carbocycles. The highest BCUT2D eigenvalue weighted by atomic mass is 32.2. The number of carbonyl (C=O) groups excluding carboxylic acids is 1. The maximum Gasteiger partial charge on any atom is 0.153 e. The Hall–Kier alpha value is -1.20. The number of aldehydes is 1. The van der Waals surface area contributed by atoms with Gasteiger partial charge in [-0.1, -0.05) is 24.3 Å². The summed E-state index contributed by atoms with van der Waals surface area (Å²) in [7, 11) is -3.14. The van der Waals surface area contributed by atoms with Gasteiger partial charge in [0.2, 0.25) is 0 Å². The second-order valence-corrected chi connectivity index (χ2v) is 6.30. The molecule has 1 heterocycles. The maximum atomic E-state index is 11.3. The first-order chi connectivity index (χ1) is 7.45. The van der Waals surface area contributed by atoms with E-state index in [9.17, 15) is 18.3 Å². The topological polar surface area (TPSA) is 71.4 Å². The molecule has 1 saturated heterocycles. The number of hydrogen-bond donors (Lipinski definition) is 1. The van der Waals surface area contributed by atoms with Gasteiger partial charge in [-0.15, -0.1) is 0 Å². The molecule has 0 amide bonds. The molecule has 1 unspecified atom stereocenters. The molecule has 0 spiro atoms. The summed E-state index contributed by atoms with van der Waals surface area (Å²) in [6.07, 6.45) is 0.926. The first-order valence-electron chi connectivity index (χ1n) is 4.94. The standard InChI is InChI=1S/C11H12O4S/c12-7-9-1-3-10(4-2-9)11(13)5-6-16(14,15)8-11/h1-4,7,13H,5-6,8H2. The second-order valence-electron chi connectivity index (χ2n) is 4.11. The van der Waals surface area contributed by atoms with Crippen LogP contribution in [0.25, 0.3) is 0 Å². The fraction of sp³-hybridized carbons (Fsp3) is 0.364. The van der Waals surface area contributed by atoms with E-state index >= 15 is 0 Å². The highest BCUT2D eigenvalue weighted by molar-refractivity contribution is 7.91. The van der Waals surface area contributed by atoms with Crippen LogP contribution in [0.3, 0.4) is 0 Å². The first-order valence-corrected chi connectivity index (χ1v) is 6.76. The van der Waals surface area contributed by atoms with Crippen LogP contribution in [0.4, 0.5) is 0 Å². The molecule has 1 N–H and O–H groups in total. The summed E-state index contributed by atoms with van der Waals surface area (Å²) in [5, 5.41) is 10.2. The molecule has 1 atom stereocenters. The third kappa shape index (κ3) is 2.01. The molecule has 2 rings (SSSR count). The van der Waals surface area contributed by atoms with Crippen molar-refractivity contribution < 1.29 is 18.3 Å². The summed E-state index contributed by atoms with van der Waals surface area (Å²) in [6, 6.07) is 6.35. The third-order valence-corrected chi connectivity index (χ3v) is 4.61. The van der Waals surface area contributed by atoms with Crippen LogP contribution in [0.2, 0.25) is 0 Å². The van der Waals surface area contributed by atoms with Gasteiger partial charge in [0.15, 0.2) is 9.84 Å². The van der Waals surface area contributed by atoms with Crippen LogP contribution in [0.5, 0.6) is 0 Å². The number of rotatable bonds is 2. The van der Waals surface area contributed by atoms with E-state index in [1.54, 1.807) is 24.3 Å². The molecule has 16 heavy (non-hydrogen) atoms. The molecule has 86 valence electrons. The van der Waals surface area contributed by atoms with E-state index in [1.807, 2.05) is 0 Å². The number of hydrogen-bond acceptors (Lipinski definition) is 4. The van der Waals surface area contributed by atoms with Gasteiger partial charge < -0.3 is 5.11 Å². The second kappa shape index (κ2) is 3.68. The summed E-state index contributed by atoms with van der Waals surface area (Å²) in [5.74, 6) is -0.223. The van der Waals surface area contributed by atoms with Gasteiger partial charge in [-0.25, -0.2) is 8.42 Å². The minimum Gasteiger partial charge on any atom is -0.384 e. The molecule has 1 aliphatic heterocycles. The van der Waals surface area contributed by atoms with Crippen LogP contribution in [-0.4, -0.2) is 31.3 Å². The lowest BCUT2D eigenvalue weighted by Gasteiger charge is -2.21. The number of aliphatic hydroxyl groups is 1. The highest BCUT2D eigenvalue weighted by Gasteiger charge is 2.41. The lowest BCUT2D eigenvalue weighted by atomic mass is 9.93. The summed E-state index contributed by atoms with van der Waals surface area (Å²) >= 11 is 0. The van der Waals surface area contributed by atoms with Crippen molar-refractivity contribution in [2.75, 3.05) is 11.5 Å². The molecule has 0 aliphatic carbocycles. The highest BCUT2D eigenvalue weighted by Crippen LogP contribution is 2.33. The fourth-order valence-electron chi connectivity index (χ4n) is 1.93. The Balaban J connectivity index is 2.34. The van der Waals surface area contributed by atoms with E-state index in [0.29, 0.717) is 17.4 Å². The first kappa shape index (κ1) is 11.3. The Morgan fingerprint density at radius 2 is 1.88 bits per heavy atom. The van der Waals surface area contributed by atoms with Crippen molar-refractivity contribution in [1.29, 1.82) is 0 Å². The van der Waals surface area contributed by atoms with E-state index in [2.05, 4.69) is 0 Å².